The molecule has 0 saturated heterocycles. The molecule has 0 bridgehead atoms. The number of amides is 1. The van der Waals surface area contributed by atoms with E-state index in [1.165, 1.54) is 6.20 Å². The first-order chi connectivity index (χ1) is 12.3. The standard InChI is InChI=1S/C20H18N2O3/c1-24-18-9-2-3-10-19(18)25-17-8-4-6-15(12-17)13-22-20(23)16-7-5-11-21-14-16/h2-12,14H,13H2,1H3,(H,22,23). The van der Waals surface area contributed by atoms with Crippen LogP contribution in [-0.4, -0.2) is 18.0 Å². The Balaban J connectivity index is 1.66. The first-order valence-electron chi connectivity index (χ1n) is 7.84. The molecule has 0 unspecified atom stereocenters. The Hall–Kier alpha value is -3.34. The van der Waals surface area contributed by atoms with E-state index in [0.717, 1.165) is 5.56 Å². The van der Waals surface area contributed by atoms with E-state index >= 15 is 0 Å². The van der Waals surface area contributed by atoms with Crippen LogP contribution in [0.5, 0.6) is 17.2 Å². The van der Waals surface area contributed by atoms with Gasteiger partial charge in [0.25, 0.3) is 5.91 Å². The van der Waals surface area contributed by atoms with E-state index in [2.05, 4.69) is 10.3 Å². The number of hydrogen-bond acceptors (Lipinski definition) is 4. The largest absolute Gasteiger partial charge is 0.493 e. The molecule has 1 aromatic heterocycles. The van der Waals surface area contributed by atoms with Gasteiger partial charge in [0, 0.05) is 18.9 Å². The summed E-state index contributed by atoms with van der Waals surface area (Å²) in [5.41, 5.74) is 1.47. The number of rotatable bonds is 6. The van der Waals surface area contributed by atoms with Crippen molar-refractivity contribution in [2.75, 3.05) is 7.11 Å². The smallest absolute Gasteiger partial charge is 0.253 e. The molecular weight excluding hydrogens is 316 g/mol. The molecule has 1 amide bonds. The summed E-state index contributed by atoms with van der Waals surface area (Å²) in [7, 11) is 1.60. The fourth-order valence-corrected chi connectivity index (χ4v) is 2.33. The number of carbonyl (C=O) groups is 1. The van der Waals surface area contributed by atoms with Crippen molar-refractivity contribution in [2.45, 2.75) is 6.54 Å². The Morgan fingerprint density at radius 1 is 1.04 bits per heavy atom. The number of pyridine rings is 1. The number of nitrogens with zero attached hydrogens (tertiary/aromatic N) is 1. The van der Waals surface area contributed by atoms with Crippen molar-refractivity contribution < 1.29 is 14.3 Å². The van der Waals surface area contributed by atoms with Crippen molar-refractivity contribution >= 4 is 5.91 Å². The summed E-state index contributed by atoms with van der Waals surface area (Å²) >= 11 is 0. The van der Waals surface area contributed by atoms with Gasteiger partial charge in [-0.3, -0.25) is 9.78 Å². The molecule has 0 aliphatic rings. The zero-order valence-corrected chi connectivity index (χ0v) is 13.8. The van der Waals surface area contributed by atoms with E-state index in [-0.39, 0.29) is 5.91 Å². The van der Waals surface area contributed by atoms with Gasteiger partial charge in [-0.15, -0.1) is 0 Å². The number of para-hydroxylation sites is 2. The molecule has 3 rings (SSSR count). The third-order valence-electron chi connectivity index (χ3n) is 3.57. The molecule has 0 aliphatic heterocycles. The van der Waals surface area contributed by atoms with Crippen LogP contribution in [0.1, 0.15) is 15.9 Å². The number of carbonyl (C=O) groups excluding carboxylic acids is 1. The predicted octanol–water partition coefficient (Wildman–Crippen LogP) is 3.81. The van der Waals surface area contributed by atoms with Crippen molar-refractivity contribution in [2.24, 2.45) is 0 Å². The van der Waals surface area contributed by atoms with Crippen molar-refractivity contribution in [3.8, 4) is 17.2 Å². The fraction of sp³-hybridized carbons (Fsp3) is 0.100. The van der Waals surface area contributed by atoms with Crippen molar-refractivity contribution in [3.63, 3.8) is 0 Å². The summed E-state index contributed by atoms with van der Waals surface area (Å²) in [5, 5.41) is 2.87. The van der Waals surface area contributed by atoms with E-state index in [1.807, 2.05) is 48.5 Å². The van der Waals surface area contributed by atoms with Crippen LogP contribution in [0.3, 0.4) is 0 Å². The summed E-state index contributed by atoms with van der Waals surface area (Å²) in [5.74, 6) is 1.82. The van der Waals surface area contributed by atoms with Crippen molar-refractivity contribution in [3.05, 3.63) is 84.2 Å². The van der Waals surface area contributed by atoms with E-state index in [0.29, 0.717) is 29.4 Å². The normalized spacial score (nSPS) is 10.1. The predicted molar refractivity (Wildman–Crippen MR) is 94.9 cm³/mol. The second-order valence-corrected chi connectivity index (χ2v) is 5.32. The van der Waals surface area contributed by atoms with Gasteiger partial charge >= 0.3 is 0 Å². The SMILES string of the molecule is COc1ccccc1Oc1cccc(CNC(=O)c2cccnc2)c1. The lowest BCUT2D eigenvalue weighted by atomic mass is 10.2. The number of hydrogen-bond donors (Lipinski definition) is 1. The molecule has 25 heavy (non-hydrogen) atoms. The zero-order valence-electron chi connectivity index (χ0n) is 13.8. The van der Waals surface area contributed by atoms with Gasteiger partial charge in [-0.1, -0.05) is 24.3 Å². The molecule has 5 nitrogen and oxygen atoms in total. The molecular formula is C20H18N2O3. The minimum absolute atomic E-state index is 0.163. The number of nitrogens with one attached hydrogen (secondary N) is 1. The van der Waals surface area contributed by atoms with Crippen molar-refractivity contribution in [1.29, 1.82) is 0 Å². The third-order valence-corrected chi connectivity index (χ3v) is 3.57. The van der Waals surface area contributed by atoms with E-state index in [9.17, 15) is 4.79 Å². The molecule has 126 valence electrons. The molecule has 0 saturated carbocycles. The molecule has 1 N–H and O–H groups in total. The summed E-state index contributed by atoms with van der Waals surface area (Å²) in [6.45, 7) is 0.400. The highest BCUT2D eigenvalue weighted by molar-refractivity contribution is 5.93. The topological polar surface area (TPSA) is 60.5 Å². The zero-order chi connectivity index (χ0) is 17.5. The van der Waals surface area contributed by atoms with Crippen LogP contribution in [0.2, 0.25) is 0 Å². The maximum absolute atomic E-state index is 12.1. The minimum Gasteiger partial charge on any atom is -0.493 e. The molecule has 0 radical (unpaired) electrons. The molecule has 0 spiro atoms. The van der Waals surface area contributed by atoms with Gasteiger partial charge in [-0.2, -0.15) is 0 Å². The van der Waals surface area contributed by atoms with Gasteiger partial charge in [0.05, 0.1) is 12.7 Å². The minimum atomic E-state index is -0.163. The van der Waals surface area contributed by atoms with Gasteiger partial charge in [-0.05, 0) is 42.0 Å². The van der Waals surface area contributed by atoms with Gasteiger partial charge in [-0.25, -0.2) is 0 Å². The maximum atomic E-state index is 12.1. The number of benzene rings is 2. The molecule has 2 aromatic carbocycles. The number of aromatic nitrogens is 1. The lowest BCUT2D eigenvalue weighted by molar-refractivity contribution is 0.0950. The first kappa shape index (κ1) is 16.5. The molecule has 0 aliphatic carbocycles. The highest BCUT2D eigenvalue weighted by atomic mass is 16.5. The Bertz CT molecular complexity index is 850. The second kappa shape index (κ2) is 7.97. The van der Waals surface area contributed by atoms with Crippen molar-refractivity contribution in [1.82, 2.24) is 10.3 Å². The Labute approximate surface area is 146 Å². The van der Waals surface area contributed by atoms with Gasteiger partial charge in [0.1, 0.15) is 5.75 Å². The van der Waals surface area contributed by atoms with E-state index in [4.69, 9.17) is 9.47 Å². The summed E-state index contributed by atoms with van der Waals surface area (Å²) < 4.78 is 11.2. The van der Waals surface area contributed by atoms with Crippen LogP contribution < -0.4 is 14.8 Å². The number of methoxy groups -OCH3 is 1. The summed E-state index contributed by atoms with van der Waals surface area (Å²) in [6.07, 6.45) is 3.17. The molecule has 0 atom stereocenters. The summed E-state index contributed by atoms with van der Waals surface area (Å²) in [4.78, 5) is 16.0. The molecule has 1 heterocycles. The lowest BCUT2D eigenvalue weighted by Crippen LogP contribution is -2.22. The highest BCUT2D eigenvalue weighted by Gasteiger charge is 2.07. The first-order valence-corrected chi connectivity index (χ1v) is 7.84. The van der Waals surface area contributed by atoms with Gasteiger partial charge in [0.15, 0.2) is 11.5 Å². The highest BCUT2D eigenvalue weighted by Crippen LogP contribution is 2.31. The van der Waals surface area contributed by atoms with Gasteiger partial charge < -0.3 is 14.8 Å². The Morgan fingerprint density at radius 2 is 1.88 bits per heavy atom. The van der Waals surface area contributed by atoms with Crippen LogP contribution in [0.25, 0.3) is 0 Å². The van der Waals surface area contributed by atoms with E-state index < -0.39 is 0 Å². The van der Waals surface area contributed by atoms with Crippen LogP contribution in [0, 0.1) is 0 Å². The van der Waals surface area contributed by atoms with E-state index in [1.54, 1.807) is 25.4 Å². The molecule has 5 heteroatoms. The molecule has 3 aromatic rings. The van der Waals surface area contributed by atoms with Gasteiger partial charge in [0.2, 0.25) is 0 Å². The average molecular weight is 334 g/mol. The fourth-order valence-electron chi connectivity index (χ4n) is 2.33. The lowest BCUT2D eigenvalue weighted by Gasteiger charge is -2.11. The summed E-state index contributed by atoms with van der Waals surface area (Å²) in [6, 6.07) is 18.5. The quantitative estimate of drug-likeness (QED) is 0.744. The number of ether oxygens (including phenoxy) is 2. The van der Waals surface area contributed by atoms with Crippen LogP contribution in [0.4, 0.5) is 0 Å². The maximum Gasteiger partial charge on any atom is 0.253 e. The Kier molecular flexibility index (Phi) is 5.26. The Morgan fingerprint density at radius 3 is 2.64 bits per heavy atom. The average Bonchev–Trinajstić information content (AvgIpc) is 2.67. The molecule has 0 fully saturated rings. The second-order valence-electron chi connectivity index (χ2n) is 5.32. The van der Waals surface area contributed by atoms with Crippen LogP contribution in [0.15, 0.2) is 73.1 Å². The van der Waals surface area contributed by atoms with Crippen LogP contribution in [-0.2, 0) is 6.54 Å². The third kappa shape index (κ3) is 4.35. The van der Waals surface area contributed by atoms with Crippen LogP contribution >= 0.6 is 0 Å². The monoisotopic (exact) mass is 334 g/mol.